The van der Waals surface area contributed by atoms with Gasteiger partial charge in [-0.1, -0.05) is 11.6 Å². The quantitative estimate of drug-likeness (QED) is 0.768. The number of hydrogen-bond donors (Lipinski definition) is 2. The second-order valence-corrected chi connectivity index (χ2v) is 5.66. The Morgan fingerprint density at radius 2 is 2.38 bits per heavy atom. The van der Waals surface area contributed by atoms with E-state index in [0.717, 1.165) is 22.6 Å². The van der Waals surface area contributed by atoms with Crippen molar-refractivity contribution >= 4 is 40.1 Å². The minimum absolute atomic E-state index is 0.538. The average Bonchev–Trinajstić information content (AvgIpc) is 2.82. The van der Waals surface area contributed by atoms with Gasteiger partial charge in [-0.15, -0.1) is 0 Å². The highest BCUT2D eigenvalue weighted by Gasteiger charge is 2.21. The Balaban J connectivity index is 2.11. The first-order chi connectivity index (χ1) is 7.74. The molecule has 0 aliphatic carbocycles. The number of aromatic nitrogens is 2. The van der Waals surface area contributed by atoms with Crippen LogP contribution in [0.2, 0.25) is 5.02 Å². The molecule has 1 aromatic carbocycles. The van der Waals surface area contributed by atoms with Crippen molar-refractivity contribution in [3.63, 3.8) is 0 Å². The Kier molecular flexibility index (Phi) is 2.48. The first-order valence-corrected chi connectivity index (χ1v) is 6.79. The molecule has 1 unspecified atom stereocenters. The smallest absolute Gasteiger partial charge is 0.112 e. The Morgan fingerprint density at radius 3 is 3.12 bits per heavy atom. The Hall–Kier alpha value is -0.870. The number of hydrogen-bond acceptors (Lipinski definition) is 3. The van der Waals surface area contributed by atoms with E-state index >= 15 is 0 Å². The second kappa shape index (κ2) is 3.86. The zero-order valence-electron chi connectivity index (χ0n) is 8.66. The van der Waals surface area contributed by atoms with Gasteiger partial charge in [-0.2, -0.15) is 11.8 Å². The van der Waals surface area contributed by atoms with Gasteiger partial charge in [-0.05, 0) is 24.3 Å². The number of nitrogens with one attached hydrogen (secondary N) is 1. The fraction of sp³-hybridized carbons (Fsp3) is 0.364. The van der Waals surface area contributed by atoms with E-state index in [0.29, 0.717) is 16.6 Å². The summed E-state index contributed by atoms with van der Waals surface area (Å²) in [4.78, 5) is 7.91. The normalized spacial score (nSPS) is 20.7. The molecule has 1 aliphatic heterocycles. The molecule has 3 rings (SSSR count). The molecule has 1 atom stereocenters. The van der Waals surface area contributed by atoms with Crippen molar-refractivity contribution < 1.29 is 0 Å². The maximum atomic E-state index is 5.96. The van der Waals surface area contributed by atoms with Crippen LogP contribution in [0.15, 0.2) is 12.1 Å². The number of nitrogens with two attached hydrogens (primary N) is 1. The van der Waals surface area contributed by atoms with E-state index in [9.17, 15) is 0 Å². The SMILES string of the molecule is Nc1cc(Cl)cc2[nH]c(C3CCSC3)nc12. The minimum atomic E-state index is 0.538. The molecule has 1 fully saturated rings. The number of nitrogen functional groups attached to an aromatic ring is 1. The predicted molar refractivity (Wildman–Crippen MR) is 70.2 cm³/mol. The largest absolute Gasteiger partial charge is 0.397 e. The summed E-state index contributed by atoms with van der Waals surface area (Å²) in [6.07, 6.45) is 1.19. The van der Waals surface area contributed by atoms with Crippen LogP contribution in [-0.4, -0.2) is 21.5 Å². The predicted octanol–water partition coefficient (Wildman–Crippen LogP) is 3.02. The van der Waals surface area contributed by atoms with Gasteiger partial charge in [0.1, 0.15) is 11.3 Å². The number of fused-ring (bicyclic) bond motifs is 1. The number of aromatic amines is 1. The van der Waals surface area contributed by atoms with E-state index in [1.165, 1.54) is 12.2 Å². The molecule has 1 aromatic heterocycles. The lowest BCUT2D eigenvalue weighted by atomic mass is 10.1. The van der Waals surface area contributed by atoms with Crippen molar-refractivity contribution in [2.24, 2.45) is 0 Å². The fourth-order valence-corrected chi connectivity index (χ4v) is 3.52. The zero-order valence-corrected chi connectivity index (χ0v) is 10.2. The van der Waals surface area contributed by atoms with Crippen LogP contribution in [0.25, 0.3) is 11.0 Å². The highest BCUT2D eigenvalue weighted by Crippen LogP contribution is 2.33. The Morgan fingerprint density at radius 1 is 1.50 bits per heavy atom. The number of nitrogens with zero attached hydrogens (tertiary/aromatic N) is 1. The van der Waals surface area contributed by atoms with Crippen LogP contribution < -0.4 is 5.73 Å². The molecular formula is C11H12ClN3S. The van der Waals surface area contributed by atoms with E-state index in [1.807, 2.05) is 17.8 Å². The van der Waals surface area contributed by atoms with Crippen LogP contribution in [0.1, 0.15) is 18.2 Å². The van der Waals surface area contributed by atoms with Gasteiger partial charge in [-0.3, -0.25) is 0 Å². The van der Waals surface area contributed by atoms with Gasteiger partial charge in [-0.25, -0.2) is 4.98 Å². The van der Waals surface area contributed by atoms with Crippen molar-refractivity contribution in [3.05, 3.63) is 23.0 Å². The molecular weight excluding hydrogens is 242 g/mol. The molecule has 16 heavy (non-hydrogen) atoms. The van der Waals surface area contributed by atoms with Crippen molar-refractivity contribution in [3.8, 4) is 0 Å². The maximum Gasteiger partial charge on any atom is 0.112 e. The first kappa shape index (κ1) is 10.3. The lowest BCUT2D eigenvalue weighted by Crippen LogP contribution is -1.98. The van der Waals surface area contributed by atoms with E-state index in [-0.39, 0.29) is 0 Å². The summed E-state index contributed by atoms with van der Waals surface area (Å²) in [5.74, 6) is 3.95. The summed E-state index contributed by atoms with van der Waals surface area (Å²) in [7, 11) is 0. The van der Waals surface area contributed by atoms with Crippen LogP contribution in [0.5, 0.6) is 0 Å². The third-order valence-corrected chi connectivity index (χ3v) is 4.30. The number of anilines is 1. The molecule has 0 saturated carbocycles. The Labute approximate surface area is 103 Å². The van der Waals surface area contributed by atoms with Crippen LogP contribution in [0, 0.1) is 0 Å². The summed E-state index contributed by atoms with van der Waals surface area (Å²) < 4.78 is 0. The van der Waals surface area contributed by atoms with Crippen molar-refractivity contribution in [1.29, 1.82) is 0 Å². The molecule has 3 nitrogen and oxygen atoms in total. The maximum absolute atomic E-state index is 5.96. The lowest BCUT2D eigenvalue weighted by molar-refractivity contribution is 0.733. The van der Waals surface area contributed by atoms with E-state index in [2.05, 4.69) is 9.97 Å². The van der Waals surface area contributed by atoms with E-state index in [1.54, 1.807) is 6.07 Å². The number of thioether (sulfide) groups is 1. The third-order valence-electron chi connectivity index (χ3n) is 2.92. The van der Waals surface area contributed by atoms with Crippen LogP contribution in [0.3, 0.4) is 0 Å². The van der Waals surface area contributed by atoms with Gasteiger partial charge in [0.25, 0.3) is 0 Å². The molecule has 0 radical (unpaired) electrons. The molecule has 1 saturated heterocycles. The van der Waals surface area contributed by atoms with Crippen molar-refractivity contribution in [1.82, 2.24) is 9.97 Å². The summed E-state index contributed by atoms with van der Waals surface area (Å²) >= 11 is 7.94. The standard InChI is InChI=1S/C11H12ClN3S/c12-7-3-8(13)10-9(4-7)14-11(15-10)6-1-2-16-5-6/h3-4,6H,1-2,5,13H2,(H,14,15). The van der Waals surface area contributed by atoms with Gasteiger partial charge in [0.05, 0.1) is 11.2 Å². The molecule has 3 N–H and O–H groups in total. The summed E-state index contributed by atoms with van der Waals surface area (Å²) in [6.45, 7) is 0. The first-order valence-electron chi connectivity index (χ1n) is 5.26. The molecule has 2 heterocycles. The number of H-pyrrole nitrogens is 1. The van der Waals surface area contributed by atoms with Gasteiger partial charge >= 0.3 is 0 Å². The second-order valence-electron chi connectivity index (χ2n) is 4.07. The van der Waals surface area contributed by atoms with Gasteiger partial charge < -0.3 is 10.7 Å². The van der Waals surface area contributed by atoms with E-state index < -0.39 is 0 Å². The van der Waals surface area contributed by atoms with Gasteiger partial charge in [0, 0.05) is 16.7 Å². The van der Waals surface area contributed by atoms with E-state index in [4.69, 9.17) is 17.3 Å². The molecule has 2 aromatic rings. The molecule has 5 heteroatoms. The minimum Gasteiger partial charge on any atom is -0.397 e. The average molecular weight is 254 g/mol. The summed E-state index contributed by atoms with van der Waals surface area (Å²) in [5, 5.41) is 0.654. The number of halogens is 1. The topological polar surface area (TPSA) is 54.7 Å². The summed E-state index contributed by atoms with van der Waals surface area (Å²) in [6, 6.07) is 3.63. The third kappa shape index (κ3) is 1.66. The number of imidazole rings is 1. The molecule has 0 bridgehead atoms. The van der Waals surface area contributed by atoms with Crippen LogP contribution in [0.4, 0.5) is 5.69 Å². The van der Waals surface area contributed by atoms with Crippen LogP contribution >= 0.6 is 23.4 Å². The zero-order chi connectivity index (χ0) is 11.1. The highest BCUT2D eigenvalue weighted by molar-refractivity contribution is 7.99. The monoisotopic (exact) mass is 253 g/mol. The lowest BCUT2D eigenvalue weighted by Gasteiger charge is -2.01. The van der Waals surface area contributed by atoms with Crippen LogP contribution in [-0.2, 0) is 0 Å². The fourth-order valence-electron chi connectivity index (χ4n) is 2.07. The molecule has 84 valence electrons. The highest BCUT2D eigenvalue weighted by atomic mass is 35.5. The van der Waals surface area contributed by atoms with Gasteiger partial charge in [0.15, 0.2) is 0 Å². The van der Waals surface area contributed by atoms with Crippen molar-refractivity contribution in [2.45, 2.75) is 12.3 Å². The molecule has 1 aliphatic rings. The number of benzene rings is 1. The molecule has 0 spiro atoms. The van der Waals surface area contributed by atoms with Crippen molar-refractivity contribution in [2.75, 3.05) is 17.2 Å². The van der Waals surface area contributed by atoms with Gasteiger partial charge in [0.2, 0.25) is 0 Å². The Bertz CT molecular complexity index is 531. The molecule has 0 amide bonds. The number of rotatable bonds is 1. The summed E-state index contributed by atoms with van der Waals surface area (Å²) in [5.41, 5.74) is 8.33.